The van der Waals surface area contributed by atoms with E-state index in [0.717, 1.165) is 10.5 Å². The Kier molecular flexibility index (Phi) is 7.93. The van der Waals surface area contributed by atoms with Crippen LogP contribution in [0.25, 0.3) is 0 Å². The molecule has 2 N–H and O–H groups in total. The zero-order chi connectivity index (χ0) is 27.4. The molecule has 38 heavy (non-hydrogen) atoms. The minimum Gasteiger partial charge on any atom is -0.462 e. The highest BCUT2D eigenvalue weighted by Gasteiger charge is 2.39. The molecule has 0 aliphatic carbocycles. The van der Waals surface area contributed by atoms with E-state index in [0.29, 0.717) is 23.0 Å². The van der Waals surface area contributed by atoms with Crippen molar-refractivity contribution in [1.29, 1.82) is 0 Å². The first-order chi connectivity index (χ1) is 18.2. The number of para-hydroxylation sites is 1. The van der Waals surface area contributed by atoms with E-state index >= 15 is 0 Å². The fourth-order valence-electron chi connectivity index (χ4n) is 3.91. The molecule has 8 nitrogen and oxygen atoms in total. The Balaban J connectivity index is 1.52. The second kappa shape index (κ2) is 11.3. The topological polar surface area (TPSA) is 105 Å². The normalized spacial score (nSPS) is 13.2. The van der Waals surface area contributed by atoms with E-state index in [1.165, 1.54) is 6.07 Å². The van der Waals surface area contributed by atoms with Gasteiger partial charge in [0.05, 0.1) is 23.5 Å². The molecule has 194 valence electrons. The van der Waals surface area contributed by atoms with Gasteiger partial charge in [-0.25, -0.2) is 9.69 Å². The number of carbonyl (C=O) groups is 4. The summed E-state index contributed by atoms with van der Waals surface area (Å²) in [6.07, 6.45) is 0. The molecule has 0 aromatic heterocycles. The van der Waals surface area contributed by atoms with Crippen molar-refractivity contribution >= 4 is 52.4 Å². The number of hydrogen-bond acceptors (Lipinski definition) is 6. The Morgan fingerprint density at radius 1 is 0.947 bits per heavy atom. The van der Waals surface area contributed by atoms with Gasteiger partial charge in [-0.15, -0.1) is 0 Å². The molecule has 9 heteroatoms. The fraction of sp³-hybridized carbons (Fsp3) is 0.172. The molecule has 0 unspecified atom stereocenters. The SMILES string of the molecule is CCOC(=O)c1ccccc1NC(=O)c1cccc(NC2=C(Cl)C(=O)N(c3ccc(C(C)C)cc3)C2=O)c1. The molecule has 3 amide bonds. The number of imide groups is 1. The fourth-order valence-corrected chi connectivity index (χ4v) is 4.12. The molecule has 1 aliphatic rings. The van der Waals surface area contributed by atoms with Crippen LogP contribution >= 0.6 is 11.6 Å². The number of halogens is 1. The summed E-state index contributed by atoms with van der Waals surface area (Å²) in [5, 5.41) is 5.36. The molecule has 3 aromatic carbocycles. The quantitative estimate of drug-likeness (QED) is 0.286. The van der Waals surface area contributed by atoms with Crippen molar-refractivity contribution in [3.63, 3.8) is 0 Å². The van der Waals surface area contributed by atoms with Gasteiger partial charge < -0.3 is 15.4 Å². The Bertz CT molecular complexity index is 1450. The van der Waals surface area contributed by atoms with Gasteiger partial charge in [-0.05, 0) is 60.9 Å². The summed E-state index contributed by atoms with van der Waals surface area (Å²) in [6, 6.07) is 20.0. The lowest BCUT2D eigenvalue weighted by molar-refractivity contribution is -0.120. The first-order valence-electron chi connectivity index (χ1n) is 12.0. The molecule has 0 saturated carbocycles. The minimum atomic E-state index is -0.638. The summed E-state index contributed by atoms with van der Waals surface area (Å²) in [5.74, 6) is -1.97. The molecule has 0 spiro atoms. The lowest BCUT2D eigenvalue weighted by Crippen LogP contribution is -2.32. The summed E-state index contributed by atoms with van der Waals surface area (Å²) in [6.45, 7) is 6.00. The van der Waals surface area contributed by atoms with Crippen molar-refractivity contribution in [3.8, 4) is 0 Å². The number of anilines is 3. The van der Waals surface area contributed by atoms with Crippen molar-refractivity contribution in [3.05, 3.63) is 100 Å². The Hall–Kier alpha value is -4.43. The Morgan fingerprint density at radius 2 is 1.66 bits per heavy atom. The number of hydrogen-bond donors (Lipinski definition) is 2. The molecule has 0 saturated heterocycles. The first kappa shape index (κ1) is 26.6. The van der Waals surface area contributed by atoms with E-state index in [9.17, 15) is 19.2 Å². The van der Waals surface area contributed by atoms with Gasteiger partial charge in [0.15, 0.2) is 0 Å². The second-order valence-electron chi connectivity index (χ2n) is 8.81. The highest BCUT2D eigenvalue weighted by molar-refractivity contribution is 6.53. The van der Waals surface area contributed by atoms with E-state index in [-0.39, 0.29) is 28.5 Å². The van der Waals surface area contributed by atoms with Crippen molar-refractivity contribution in [2.45, 2.75) is 26.7 Å². The van der Waals surface area contributed by atoms with Gasteiger partial charge in [0.2, 0.25) is 0 Å². The molecule has 0 bridgehead atoms. The molecule has 0 radical (unpaired) electrons. The van der Waals surface area contributed by atoms with E-state index in [2.05, 4.69) is 24.5 Å². The van der Waals surface area contributed by atoms with Crippen LogP contribution in [0.4, 0.5) is 17.1 Å². The van der Waals surface area contributed by atoms with Crippen LogP contribution in [0.1, 0.15) is 53.0 Å². The summed E-state index contributed by atoms with van der Waals surface area (Å²) >= 11 is 6.26. The van der Waals surface area contributed by atoms with Crippen molar-refractivity contribution < 1.29 is 23.9 Å². The summed E-state index contributed by atoms with van der Waals surface area (Å²) in [5.41, 5.74) is 2.56. The van der Waals surface area contributed by atoms with E-state index in [1.807, 2.05) is 12.1 Å². The van der Waals surface area contributed by atoms with Crippen LogP contribution in [0, 0.1) is 0 Å². The molecule has 1 heterocycles. The number of carbonyl (C=O) groups excluding carboxylic acids is 4. The highest BCUT2D eigenvalue weighted by Crippen LogP contribution is 2.31. The third-order valence-electron chi connectivity index (χ3n) is 5.91. The van der Waals surface area contributed by atoms with Crippen LogP contribution in [0.5, 0.6) is 0 Å². The number of benzene rings is 3. The molecular weight excluding hydrogens is 506 g/mol. The van der Waals surface area contributed by atoms with Crippen LogP contribution in [-0.4, -0.2) is 30.3 Å². The summed E-state index contributed by atoms with van der Waals surface area (Å²) in [7, 11) is 0. The zero-order valence-corrected chi connectivity index (χ0v) is 21.8. The Morgan fingerprint density at radius 3 is 2.34 bits per heavy atom. The maximum Gasteiger partial charge on any atom is 0.340 e. The molecule has 0 fully saturated rings. The minimum absolute atomic E-state index is 0.0881. The summed E-state index contributed by atoms with van der Waals surface area (Å²) in [4.78, 5) is 52.2. The molecular formula is C29H26ClN3O5. The maximum absolute atomic E-state index is 13.1. The zero-order valence-electron chi connectivity index (χ0n) is 21.1. The average molecular weight is 532 g/mol. The van der Waals surface area contributed by atoms with Gasteiger partial charge in [-0.3, -0.25) is 14.4 Å². The van der Waals surface area contributed by atoms with Crippen LogP contribution < -0.4 is 15.5 Å². The van der Waals surface area contributed by atoms with Gasteiger partial charge >= 0.3 is 5.97 Å². The highest BCUT2D eigenvalue weighted by atomic mass is 35.5. The number of esters is 1. The van der Waals surface area contributed by atoms with Crippen molar-refractivity contribution in [2.75, 3.05) is 22.1 Å². The summed E-state index contributed by atoms with van der Waals surface area (Å²) < 4.78 is 5.05. The van der Waals surface area contributed by atoms with E-state index in [4.69, 9.17) is 16.3 Å². The standard InChI is InChI=1S/C29H26ClN3O5/c1-4-38-29(37)22-10-5-6-11-23(22)32-26(34)19-8-7-9-20(16-19)31-25-24(30)27(35)33(28(25)36)21-14-12-18(13-15-21)17(2)3/h5-17,31H,4H2,1-3H3,(H,32,34). The van der Waals surface area contributed by atoms with Gasteiger partial charge in [-0.2, -0.15) is 0 Å². The maximum atomic E-state index is 13.1. The van der Waals surface area contributed by atoms with Crippen molar-refractivity contribution in [2.24, 2.45) is 0 Å². The smallest absolute Gasteiger partial charge is 0.340 e. The van der Waals surface area contributed by atoms with Crippen molar-refractivity contribution in [1.82, 2.24) is 0 Å². The van der Waals surface area contributed by atoms with E-state index in [1.54, 1.807) is 61.5 Å². The first-order valence-corrected chi connectivity index (χ1v) is 12.4. The van der Waals surface area contributed by atoms with Gasteiger partial charge in [0, 0.05) is 11.3 Å². The van der Waals surface area contributed by atoms with Crippen LogP contribution in [0.15, 0.2) is 83.5 Å². The van der Waals surface area contributed by atoms with Crippen LogP contribution in [0.2, 0.25) is 0 Å². The molecule has 4 rings (SSSR count). The van der Waals surface area contributed by atoms with Crippen LogP contribution in [0.3, 0.4) is 0 Å². The average Bonchev–Trinajstić information content (AvgIpc) is 3.12. The monoisotopic (exact) mass is 531 g/mol. The van der Waals surface area contributed by atoms with E-state index < -0.39 is 23.7 Å². The molecule has 0 atom stereocenters. The number of ether oxygens (including phenoxy) is 1. The third kappa shape index (κ3) is 5.45. The predicted molar refractivity (Wildman–Crippen MR) is 146 cm³/mol. The number of nitrogens with one attached hydrogen (secondary N) is 2. The third-order valence-corrected chi connectivity index (χ3v) is 6.26. The Labute approximate surface area is 225 Å². The van der Waals surface area contributed by atoms with Gasteiger partial charge in [0.1, 0.15) is 10.7 Å². The van der Waals surface area contributed by atoms with Gasteiger partial charge in [-0.1, -0.05) is 55.8 Å². The number of nitrogens with zero attached hydrogens (tertiary/aromatic N) is 1. The number of amides is 3. The largest absolute Gasteiger partial charge is 0.462 e. The van der Waals surface area contributed by atoms with Gasteiger partial charge in [0.25, 0.3) is 17.7 Å². The predicted octanol–water partition coefficient (Wildman–Crippen LogP) is 5.67. The van der Waals surface area contributed by atoms with Crippen LogP contribution in [-0.2, 0) is 14.3 Å². The molecule has 1 aliphatic heterocycles. The second-order valence-corrected chi connectivity index (χ2v) is 9.18. The lowest BCUT2D eigenvalue weighted by atomic mass is 10.0. The number of rotatable bonds is 8. The lowest BCUT2D eigenvalue weighted by Gasteiger charge is -2.16. The molecule has 3 aromatic rings.